The van der Waals surface area contributed by atoms with Gasteiger partial charge in [0.2, 0.25) is 0 Å². The lowest BCUT2D eigenvalue weighted by Gasteiger charge is -2.08. The molecule has 0 aliphatic carbocycles. The zero-order valence-corrected chi connectivity index (χ0v) is 9.71. The normalized spacial score (nSPS) is 11.4. The fourth-order valence-corrected chi connectivity index (χ4v) is 1.53. The second-order valence-electron chi connectivity index (χ2n) is 3.37. The Balaban J connectivity index is 2.41. The van der Waals surface area contributed by atoms with Gasteiger partial charge in [-0.2, -0.15) is 13.1 Å². The predicted octanol–water partition coefficient (Wildman–Crippen LogP) is 0.382. The summed E-state index contributed by atoms with van der Waals surface area (Å²) in [5.74, 6) is 0. The van der Waals surface area contributed by atoms with Crippen molar-refractivity contribution in [3.8, 4) is 0 Å². The average molecular weight is 245 g/mol. The van der Waals surface area contributed by atoms with Gasteiger partial charge >= 0.3 is 10.3 Å². The Morgan fingerprint density at radius 1 is 1.38 bits per heavy atom. The van der Waals surface area contributed by atoms with Gasteiger partial charge in [0.05, 0.1) is 0 Å². The molecule has 0 saturated heterocycles. The number of hydrogen-bond donors (Lipinski definition) is 4. The summed E-state index contributed by atoms with van der Waals surface area (Å²) in [7, 11) is -4.10. The van der Waals surface area contributed by atoms with Crippen molar-refractivity contribution in [2.75, 3.05) is 24.1 Å². The van der Waals surface area contributed by atoms with Crippen molar-refractivity contribution in [2.24, 2.45) is 0 Å². The van der Waals surface area contributed by atoms with Crippen molar-refractivity contribution < 1.29 is 13.0 Å². The lowest BCUT2D eigenvalue weighted by Crippen LogP contribution is -2.28. The maximum absolute atomic E-state index is 10.3. The maximum atomic E-state index is 10.3. The van der Waals surface area contributed by atoms with E-state index in [0.717, 1.165) is 11.3 Å². The summed E-state index contributed by atoms with van der Waals surface area (Å²) in [6.45, 7) is 2.38. The quantitative estimate of drug-likeness (QED) is 0.341. The van der Waals surface area contributed by atoms with Gasteiger partial charge in [-0.15, -0.1) is 0 Å². The highest BCUT2D eigenvalue weighted by atomic mass is 32.2. The minimum Gasteiger partial charge on any atom is -0.399 e. The van der Waals surface area contributed by atoms with E-state index in [1.54, 1.807) is 12.1 Å². The SMILES string of the molecule is Cc1cc(NCCNS(=O)(=O)O)ccc1N. The van der Waals surface area contributed by atoms with E-state index in [4.69, 9.17) is 10.3 Å². The molecule has 1 rings (SSSR count). The number of nitrogens with two attached hydrogens (primary N) is 1. The van der Waals surface area contributed by atoms with E-state index in [-0.39, 0.29) is 6.54 Å². The second-order valence-corrected chi connectivity index (χ2v) is 4.61. The molecule has 6 nitrogen and oxygen atoms in total. The largest absolute Gasteiger partial charge is 0.399 e. The third-order valence-electron chi connectivity index (χ3n) is 2.01. The summed E-state index contributed by atoms with van der Waals surface area (Å²) in [6.07, 6.45) is 0. The molecule has 0 atom stereocenters. The standard InChI is InChI=1S/C9H15N3O3S/c1-7-6-8(2-3-9(7)10)11-4-5-12-16(13,14)15/h2-3,6,11-12H,4-5,10H2,1H3,(H,13,14,15). The Kier molecular flexibility index (Phi) is 4.11. The fourth-order valence-electron chi connectivity index (χ4n) is 1.17. The average Bonchev–Trinajstić information content (AvgIpc) is 2.17. The van der Waals surface area contributed by atoms with Crippen LogP contribution in [0.1, 0.15) is 5.56 Å². The van der Waals surface area contributed by atoms with Crippen molar-refractivity contribution in [3.63, 3.8) is 0 Å². The summed E-state index contributed by atoms with van der Waals surface area (Å²) >= 11 is 0. The molecule has 1 aromatic rings. The first-order chi connectivity index (χ1) is 7.38. The van der Waals surface area contributed by atoms with Gasteiger partial charge in [-0.25, -0.2) is 0 Å². The van der Waals surface area contributed by atoms with E-state index in [1.165, 1.54) is 0 Å². The molecule has 16 heavy (non-hydrogen) atoms. The van der Waals surface area contributed by atoms with Crippen LogP contribution in [0.5, 0.6) is 0 Å². The van der Waals surface area contributed by atoms with Crippen LogP contribution in [0.4, 0.5) is 11.4 Å². The molecular formula is C9H15N3O3S. The number of aryl methyl sites for hydroxylation is 1. The topological polar surface area (TPSA) is 104 Å². The van der Waals surface area contributed by atoms with Crippen LogP contribution in [0.15, 0.2) is 18.2 Å². The highest BCUT2D eigenvalue weighted by molar-refractivity contribution is 7.83. The summed E-state index contributed by atoms with van der Waals surface area (Å²) < 4.78 is 31.1. The lowest BCUT2D eigenvalue weighted by atomic mass is 10.2. The predicted molar refractivity (Wildman–Crippen MR) is 63.6 cm³/mol. The number of anilines is 2. The van der Waals surface area contributed by atoms with Gasteiger partial charge in [-0.3, -0.25) is 4.55 Å². The first-order valence-corrected chi connectivity index (χ1v) is 6.14. The highest BCUT2D eigenvalue weighted by Gasteiger charge is 2.01. The molecule has 5 N–H and O–H groups in total. The van der Waals surface area contributed by atoms with Gasteiger partial charge in [0.25, 0.3) is 0 Å². The van der Waals surface area contributed by atoms with Crippen LogP contribution >= 0.6 is 0 Å². The molecule has 1 aromatic carbocycles. The highest BCUT2D eigenvalue weighted by Crippen LogP contribution is 2.15. The lowest BCUT2D eigenvalue weighted by molar-refractivity contribution is 0.469. The minimum atomic E-state index is -4.10. The third kappa shape index (κ3) is 4.47. The monoisotopic (exact) mass is 245 g/mol. The van der Waals surface area contributed by atoms with Crippen LogP contribution in [-0.4, -0.2) is 26.1 Å². The van der Waals surface area contributed by atoms with Crippen molar-refractivity contribution in [3.05, 3.63) is 23.8 Å². The van der Waals surface area contributed by atoms with Crippen molar-refractivity contribution in [1.29, 1.82) is 0 Å². The van der Waals surface area contributed by atoms with E-state index >= 15 is 0 Å². The molecule has 0 spiro atoms. The van der Waals surface area contributed by atoms with Crippen LogP contribution in [-0.2, 0) is 10.3 Å². The fraction of sp³-hybridized carbons (Fsp3) is 0.333. The van der Waals surface area contributed by atoms with Crippen LogP contribution in [0, 0.1) is 6.92 Å². The van der Waals surface area contributed by atoms with Gasteiger partial charge in [0, 0.05) is 24.5 Å². The van der Waals surface area contributed by atoms with Crippen LogP contribution in [0.2, 0.25) is 0 Å². The summed E-state index contributed by atoms with van der Waals surface area (Å²) in [6, 6.07) is 5.44. The minimum absolute atomic E-state index is 0.113. The third-order valence-corrected chi connectivity index (χ3v) is 2.58. The van der Waals surface area contributed by atoms with E-state index in [9.17, 15) is 8.42 Å². The number of nitrogens with one attached hydrogen (secondary N) is 2. The van der Waals surface area contributed by atoms with E-state index in [0.29, 0.717) is 12.2 Å². The van der Waals surface area contributed by atoms with Crippen LogP contribution in [0.25, 0.3) is 0 Å². The number of hydrogen-bond acceptors (Lipinski definition) is 4. The molecule has 0 radical (unpaired) electrons. The zero-order chi connectivity index (χ0) is 12.2. The summed E-state index contributed by atoms with van der Waals surface area (Å²) in [5, 5.41) is 2.99. The molecule has 0 bridgehead atoms. The second kappa shape index (κ2) is 5.15. The van der Waals surface area contributed by atoms with Gasteiger partial charge in [-0.1, -0.05) is 0 Å². The Morgan fingerprint density at radius 2 is 2.06 bits per heavy atom. The van der Waals surface area contributed by atoms with Crippen molar-refractivity contribution in [2.45, 2.75) is 6.92 Å². The summed E-state index contributed by atoms with van der Waals surface area (Å²) in [5.41, 5.74) is 8.16. The number of benzene rings is 1. The first kappa shape index (κ1) is 12.8. The molecule has 0 saturated carbocycles. The molecular weight excluding hydrogens is 230 g/mol. The van der Waals surface area contributed by atoms with Crippen LogP contribution in [0.3, 0.4) is 0 Å². The van der Waals surface area contributed by atoms with E-state index in [2.05, 4.69) is 5.32 Å². The number of nitrogen functional groups attached to an aromatic ring is 1. The van der Waals surface area contributed by atoms with E-state index < -0.39 is 10.3 Å². The van der Waals surface area contributed by atoms with Gasteiger partial charge < -0.3 is 11.1 Å². The maximum Gasteiger partial charge on any atom is 0.333 e. The van der Waals surface area contributed by atoms with Crippen molar-refractivity contribution >= 4 is 21.7 Å². The molecule has 0 unspecified atom stereocenters. The first-order valence-electron chi connectivity index (χ1n) is 4.70. The zero-order valence-electron chi connectivity index (χ0n) is 8.90. The Hall–Kier alpha value is -1.31. The summed E-state index contributed by atoms with van der Waals surface area (Å²) in [4.78, 5) is 0. The Labute approximate surface area is 94.7 Å². The molecule has 0 aliphatic heterocycles. The van der Waals surface area contributed by atoms with Crippen molar-refractivity contribution in [1.82, 2.24) is 4.72 Å². The Bertz CT molecular complexity index is 459. The molecule has 7 heteroatoms. The molecule has 0 heterocycles. The molecule has 0 aliphatic rings. The molecule has 0 aromatic heterocycles. The van der Waals surface area contributed by atoms with Gasteiger partial charge in [0.1, 0.15) is 0 Å². The number of rotatable bonds is 5. The van der Waals surface area contributed by atoms with Gasteiger partial charge in [0.15, 0.2) is 0 Å². The van der Waals surface area contributed by atoms with Gasteiger partial charge in [-0.05, 0) is 30.7 Å². The Morgan fingerprint density at radius 3 is 2.62 bits per heavy atom. The molecule has 0 fully saturated rings. The van der Waals surface area contributed by atoms with E-state index in [1.807, 2.05) is 17.7 Å². The van der Waals surface area contributed by atoms with Crippen LogP contribution < -0.4 is 15.8 Å². The smallest absolute Gasteiger partial charge is 0.333 e. The molecule has 90 valence electrons. The molecule has 0 amide bonds.